The molecule has 3 aromatic rings. The highest BCUT2D eigenvalue weighted by molar-refractivity contribution is 7.09. The quantitative estimate of drug-likeness (QED) is 0.416. The Morgan fingerprint density at radius 2 is 1.74 bits per heavy atom. The molecule has 39 heavy (non-hydrogen) atoms. The molecular formula is C29H31N3O6S. The number of hydrogen-bond acceptors (Lipinski definition) is 8. The number of aromatic nitrogens is 1. The van der Waals surface area contributed by atoms with Crippen molar-refractivity contribution in [3.05, 3.63) is 76.2 Å². The maximum atomic E-state index is 13.5. The second-order valence-corrected chi connectivity index (χ2v) is 11.9. The Bertz CT molecular complexity index is 1340. The number of benzene rings is 2. The maximum absolute atomic E-state index is 13.5. The Hall–Kier alpha value is -3.76. The van der Waals surface area contributed by atoms with Crippen LogP contribution in [0.5, 0.6) is 0 Å². The van der Waals surface area contributed by atoms with Crippen molar-refractivity contribution in [1.82, 2.24) is 15.2 Å². The van der Waals surface area contributed by atoms with Gasteiger partial charge in [-0.15, -0.1) is 11.3 Å². The number of rotatable bonds is 7. The van der Waals surface area contributed by atoms with E-state index in [0.717, 1.165) is 27.1 Å². The van der Waals surface area contributed by atoms with Crippen molar-refractivity contribution in [2.75, 3.05) is 13.2 Å². The average Bonchev–Trinajstić information content (AvgIpc) is 3.62. The highest BCUT2D eigenvalue weighted by Gasteiger charge is 2.55. The van der Waals surface area contributed by atoms with Gasteiger partial charge in [-0.3, -0.25) is 20.0 Å². The number of carboxylic acid groups (broad SMARTS) is 1. The van der Waals surface area contributed by atoms with E-state index < -0.39 is 35.2 Å². The molecule has 0 bridgehead atoms. The van der Waals surface area contributed by atoms with E-state index in [1.807, 2.05) is 48.5 Å². The molecule has 2 atom stereocenters. The molecule has 0 radical (unpaired) electrons. The molecule has 1 saturated heterocycles. The Morgan fingerprint density at radius 1 is 1.10 bits per heavy atom. The second-order valence-electron chi connectivity index (χ2n) is 10.9. The van der Waals surface area contributed by atoms with Crippen LogP contribution in [0.3, 0.4) is 0 Å². The number of nitrogens with one attached hydrogen (secondary N) is 1. The van der Waals surface area contributed by atoms with Crippen LogP contribution in [0.15, 0.2) is 60.2 Å². The Kier molecular flexibility index (Phi) is 7.17. The Balaban J connectivity index is 1.38. The van der Waals surface area contributed by atoms with Gasteiger partial charge in [-0.25, -0.2) is 9.59 Å². The van der Waals surface area contributed by atoms with E-state index in [2.05, 4.69) is 10.3 Å². The molecule has 2 aromatic carbocycles. The van der Waals surface area contributed by atoms with Gasteiger partial charge in [0.2, 0.25) is 0 Å². The average molecular weight is 550 g/mol. The van der Waals surface area contributed by atoms with Gasteiger partial charge in [0.25, 0.3) is 0 Å². The third-order valence-corrected chi connectivity index (χ3v) is 7.88. The number of nitrogens with zero attached hydrogens (tertiary/aromatic N) is 2. The molecule has 2 aliphatic rings. The molecule has 5 rings (SSSR count). The zero-order valence-corrected chi connectivity index (χ0v) is 22.9. The highest BCUT2D eigenvalue weighted by Crippen LogP contribution is 2.44. The van der Waals surface area contributed by atoms with Crippen LogP contribution in [0.1, 0.15) is 49.1 Å². The van der Waals surface area contributed by atoms with Crippen molar-refractivity contribution < 1.29 is 29.0 Å². The van der Waals surface area contributed by atoms with Gasteiger partial charge < -0.3 is 14.6 Å². The predicted molar refractivity (Wildman–Crippen MR) is 145 cm³/mol. The molecule has 2 heterocycles. The summed E-state index contributed by atoms with van der Waals surface area (Å²) >= 11 is 1.39. The monoisotopic (exact) mass is 549 g/mol. The molecular weight excluding hydrogens is 518 g/mol. The van der Waals surface area contributed by atoms with E-state index in [-0.39, 0.29) is 32.0 Å². The molecule has 9 nitrogen and oxygen atoms in total. The Morgan fingerprint density at radius 3 is 2.31 bits per heavy atom. The molecule has 0 saturated carbocycles. The third-order valence-electron chi connectivity index (χ3n) is 7.10. The minimum atomic E-state index is -1.56. The number of carbonyl (C=O) groups is 3. The van der Waals surface area contributed by atoms with Gasteiger partial charge >= 0.3 is 18.0 Å². The maximum Gasteiger partial charge on any atom is 0.410 e. The molecule has 1 aliphatic carbocycles. The third kappa shape index (κ3) is 5.39. The van der Waals surface area contributed by atoms with Crippen LogP contribution in [-0.4, -0.2) is 63.4 Å². The van der Waals surface area contributed by atoms with E-state index in [9.17, 15) is 19.5 Å². The lowest BCUT2D eigenvalue weighted by atomic mass is 9.95. The van der Waals surface area contributed by atoms with Crippen LogP contribution >= 0.6 is 11.3 Å². The van der Waals surface area contributed by atoms with Crippen LogP contribution in [-0.2, 0) is 25.6 Å². The minimum absolute atomic E-state index is 0.0543. The zero-order valence-electron chi connectivity index (χ0n) is 22.0. The lowest BCUT2D eigenvalue weighted by molar-refractivity contribution is -0.159. The first-order valence-electron chi connectivity index (χ1n) is 12.8. The fourth-order valence-corrected chi connectivity index (χ4v) is 5.83. The molecule has 1 aromatic heterocycles. The van der Waals surface area contributed by atoms with Crippen molar-refractivity contribution >= 4 is 29.4 Å². The van der Waals surface area contributed by atoms with E-state index >= 15 is 0 Å². The highest BCUT2D eigenvalue weighted by atomic mass is 32.1. The summed E-state index contributed by atoms with van der Waals surface area (Å²) in [6, 6.07) is 14.9. The van der Waals surface area contributed by atoms with Gasteiger partial charge in [0, 0.05) is 30.0 Å². The summed E-state index contributed by atoms with van der Waals surface area (Å²) in [5.41, 5.74) is 3.60. The van der Waals surface area contributed by atoms with Crippen LogP contribution in [0.2, 0.25) is 0 Å². The summed E-state index contributed by atoms with van der Waals surface area (Å²) in [5, 5.41) is 13.3. The molecule has 2 unspecified atom stereocenters. The van der Waals surface area contributed by atoms with Crippen LogP contribution in [0, 0.1) is 0 Å². The number of fused-ring (bicyclic) bond motifs is 3. The first kappa shape index (κ1) is 26.8. The summed E-state index contributed by atoms with van der Waals surface area (Å²) < 4.78 is 11.4. The van der Waals surface area contributed by atoms with Gasteiger partial charge in [-0.1, -0.05) is 48.5 Å². The number of aliphatic carboxylic acids is 1. The molecule has 10 heteroatoms. The lowest BCUT2D eigenvalue weighted by Crippen LogP contribution is -2.54. The number of ether oxygens (including phenoxy) is 2. The minimum Gasteiger partial charge on any atom is -0.480 e. The van der Waals surface area contributed by atoms with Crippen LogP contribution in [0.25, 0.3) is 11.1 Å². The van der Waals surface area contributed by atoms with Crippen LogP contribution < -0.4 is 5.32 Å². The van der Waals surface area contributed by atoms with Crippen LogP contribution in [0.4, 0.5) is 4.79 Å². The normalized spacial score (nSPS) is 20.4. The van der Waals surface area contributed by atoms with Gasteiger partial charge in [0.15, 0.2) is 0 Å². The molecule has 1 fully saturated rings. The number of carbonyl (C=O) groups excluding carboxylic acids is 2. The van der Waals surface area contributed by atoms with Crippen molar-refractivity contribution in [3.8, 4) is 11.1 Å². The Labute approximate surface area is 230 Å². The summed E-state index contributed by atoms with van der Waals surface area (Å²) in [6.07, 6.45) is 0.743. The first-order chi connectivity index (χ1) is 18.6. The molecule has 0 spiro atoms. The molecule has 1 aliphatic heterocycles. The number of esters is 1. The number of thiazole rings is 1. The number of carboxylic acids is 1. The number of likely N-dealkylation sites (tertiary alicyclic amines) is 1. The van der Waals surface area contributed by atoms with E-state index in [1.165, 1.54) is 16.2 Å². The van der Waals surface area contributed by atoms with E-state index in [4.69, 9.17) is 9.47 Å². The van der Waals surface area contributed by atoms with Gasteiger partial charge in [-0.2, -0.15) is 0 Å². The van der Waals surface area contributed by atoms with Crippen molar-refractivity contribution in [1.29, 1.82) is 0 Å². The zero-order chi connectivity index (χ0) is 27.8. The SMILES string of the molecule is CC(C)(C)OC(=O)C1CC(NCc2cncs2)(C(=O)O)CN1C(=O)OCC1c2ccccc2-c2ccccc21. The number of hydrogen-bond donors (Lipinski definition) is 2. The van der Waals surface area contributed by atoms with E-state index in [1.54, 1.807) is 32.5 Å². The summed E-state index contributed by atoms with van der Waals surface area (Å²) in [5.74, 6) is -1.99. The molecule has 204 valence electrons. The summed E-state index contributed by atoms with van der Waals surface area (Å²) in [4.78, 5) is 45.3. The largest absolute Gasteiger partial charge is 0.480 e. The van der Waals surface area contributed by atoms with Crippen molar-refractivity contribution in [2.24, 2.45) is 0 Å². The molecule has 1 amide bonds. The number of amides is 1. The fourth-order valence-electron chi connectivity index (χ4n) is 5.30. The predicted octanol–water partition coefficient (Wildman–Crippen LogP) is 4.42. The first-order valence-corrected chi connectivity index (χ1v) is 13.7. The molecule has 2 N–H and O–H groups in total. The lowest BCUT2D eigenvalue weighted by Gasteiger charge is -2.27. The summed E-state index contributed by atoms with van der Waals surface area (Å²) in [7, 11) is 0. The summed E-state index contributed by atoms with van der Waals surface area (Å²) in [6.45, 7) is 5.22. The van der Waals surface area contributed by atoms with Crippen molar-refractivity contribution in [2.45, 2.75) is 56.8 Å². The topological polar surface area (TPSA) is 118 Å². The van der Waals surface area contributed by atoms with Gasteiger partial charge in [0.05, 0.1) is 12.1 Å². The van der Waals surface area contributed by atoms with E-state index in [0.29, 0.717) is 0 Å². The van der Waals surface area contributed by atoms with Gasteiger partial charge in [-0.05, 0) is 43.0 Å². The van der Waals surface area contributed by atoms with Crippen molar-refractivity contribution in [3.63, 3.8) is 0 Å². The second kappa shape index (κ2) is 10.4. The smallest absolute Gasteiger partial charge is 0.410 e. The fraction of sp³-hybridized carbons (Fsp3) is 0.379. The standard InChI is InChI=1S/C29H31N3O6S/c1-28(2,3)38-25(33)24-12-29(26(34)35,31-14-18-13-30-17-39-18)16-32(24)27(36)37-15-23-21-10-6-4-8-19(21)20-9-5-7-11-22(20)23/h4-11,13,17,23-24,31H,12,14-16H2,1-3H3,(H,34,35). The van der Waals surface area contributed by atoms with Gasteiger partial charge in [0.1, 0.15) is 23.8 Å².